The van der Waals surface area contributed by atoms with Gasteiger partial charge in [-0.3, -0.25) is 4.79 Å². The third kappa shape index (κ3) is 1.57. The van der Waals surface area contributed by atoms with Gasteiger partial charge in [0.1, 0.15) is 5.82 Å². The number of carbonyl (C=O) groups excluding carboxylic acids is 1. The minimum Gasteiger partial charge on any atom is -0.372 e. The van der Waals surface area contributed by atoms with Gasteiger partial charge in [-0.05, 0) is 12.1 Å². The normalized spacial score (nSPS) is 21.1. The van der Waals surface area contributed by atoms with Crippen molar-refractivity contribution in [2.75, 3.05) is 5.32 Å². The van der Waals surface area contributed by atoms with Crippen LogP contribution in [0.5, 0.6) is 0 Å². The van der Waals surface area contributed by atoms with E-state index in [2.05, 4.69) is 5.32 Å². The van der Waals surface area contributed by atoms with Gasteiger partial charge in [0, 0.05) is 11.1 Å². The summed E-state index contributed by atoms with van der Waals surface area (Å²) in [7, 11) is 0. The number of rotatable bonds is 1. The fourth-order valence-electron chi connectivity index (χ4n) is 2.30. The van der Waals surface area contributed by atoms with Gasteiger partial charge in [-0.1, -0.05) is 41.9 Å². The van der Waals surface area contributed by atoms with E-state index in [4.69, 9.17) is 11.6 Å². The van der Waals surface area contributed by atoms with Crippen molar-refractivity contribution in [3.8, 4) is 0 Å². The van der Waals surface area contributed by atoms with Crippen LogP contribution in [0.25, 0.3) is 0 Å². The smallest absolute Gasteiger partial charge is 0.266 e. The molecule has 2 aromatic rings. The Balaban J connectivity index is 2.30. The number of fused-ring (bicyclic) bond motifs is 1. The van der Waals surface area contributed by atoms with Crippen molar-refractivity contribution < 1.29 is 14.3 Å². The first-order chi connectivity index (χ1) is 9.05. The maximum Gasteiger partial charge on any atom is 0.266 e. The number of aliphatic hydroxyl groups is 1. The molecule has 5 heteroatoms. The average Bonchev–Trinajstić information content (AvgIpc) is 2.65. The monoisotopic (exact) mass is 277 g/mol. The number of nitrogens with one attached hydrogen (secondary N) is 1. The van der Waals surface area contributed by atoms with E-state index >= 15 is 0 Å². The molecule has 0 aliphatic carbocycles. The standard InChI is InChI=1S/C14H9ClFNO2/c15-10-6-3-5-9-12(10)17-13(18)14(9,19)8-4-1-2-7-11(8)16/h1-7,19H,(H,17,18). The first-order valence-corrected chi connectivity index (χ1v) is 6.01. The highest BCUT2D eigenvalue weighted by atomic mass is 35.5. The van der Waals surface area contributed by atoms with Crippen molar-refractivity contribution >= 4 is 23.2 Å². The minimum absolute atomic E-state index is 0.0893. The largest absolute Gasteiger partial charge is 0.372 e. The van der Waals surface area contributed by atoms with Crippen LogP contribution in [0.4, 0.5) is 10.1 Å². The van der Waals surface area contributed by atoms with Crippen LogP contribution in [0.3, 0.4) is 0 Å². The Morgan fingerprint density at radius 2 is 1.79 bits per heavy atom. The number of para-hydroxylation sites is 1. The lowest BCUT2D eigenvalue weighted by Gasteiger charge is -2.21. The highest BCUT2D eigenvalue weighted by Crippen LogP contribution is 2.44. The maximum absolute atomic E-state index is 13.9. The zero-order valence-electron chi connectivity index (χ0n) is 9.65. The van der Waals surface area contributed by atoms with E-state index in [1.54, 1.807) is 24.3 Å². The maximum atomic E-state index is 13.9. The van der Waals surface area contributed by atoms with E-state index < -0.39 is 17.3 Å². The van der Waals surface area contributed by atoms with Gasteiger partial charge in [0.25, 0.3) is 5.91 Å². The third-order valence-corrected chi connectivity index (χ3v) is 3.55. The summed E-state index contributed by atoms with van der Waals surface area (Å²) in [4.78, 5) is 12.1. The molecule has 1 aliphatic heterocycles. The van der Waals surface area contributed by atoms with E-state index in [9.17, 15) is 14.3 Å². The van der Waals surface area contributed by atoms with Gasteiger partial charge in [-0.2, -0.15) is 0 Å². The van der Waals surface area contributed by atoms with E-state index in [0.29, 0.717) is 10.7 Å². The average molecular weight is 278 g/mol. The summed E-state index contributed by atoms with van der Waals surface area (Å²) in [5.74, 6) is -1.35. The second-order valence-corrected chi connectivity index (χ2v) is 4.71. The summed E-state index contributed by atoms with van der Waals surface area (Å²) >= 11 is 5.97. The molecule has 0 aromatic heterocycles. The summed E-state index contributed by atoms with van der Waals surface area (Å²) in [6.45, 7) is 0. The van der Waals surface area contributed by atoms with Crippen molar-refractivity contribution in [1.29, 1.82) is 0 Å². The Bertz CT molecular complexity index is 689. The van der Waals surface area contributed by atoms with Crippen LogP contribution < -0.4 is 5.32 Å². The van der Waals surface area contributed by atoms with Crippen LogP contribution in [-0.4, -0.2) is 11.0 Å². The highest BCUT2D eigenvalue weighted by molar-refractivity contribution is 6.34. The predicted molar refractivity (Wildman–Crippen MR) is 69.5 cm³/mol. The van der Waals surface area contributed by atoms with Crippen LogP contribution in [0.2, 0.25) is 5.02 Å². The molecule has 1 aliphatic rings. The van der Waals surface area contributed by atoms with E-state index in [1.165, 1.54) is 18.2 Å². The summed E-state index contributed by atoms with van der Waals surface area (Å²) in [6, 6.07) is 10.4. The Morgan fingerprint density at radius 1 is 1.11 bits per heavy atom. The Hall–Kier alpha value is -1.91. The molecule has 1 atom stereocenters. The van der Waals surface area contributed by atoms with Gasteiger partial charge < -0.3 is 10.4 Å². The molecule has 2 N–H and O–H groups in total. The van der Waals surface area contributed by atoms with Crippen molar-refractivity contribution in [2.45, 2.75) is 5.60 Å². The molecule has 3 nitrogen and oxygen atoms in total. The van der Waals surface area contributed by atoms with Crippen LogP contribution >= 0.6 is 11.6 Å². The SMILES string of the molecule is O=C1Nc2c(Cl)cccc2C1(O)c1ccccc1F. The Kier molecular flexibility index (Phi) is 2.59. The molecule has 0 fully saturated rings. The number of hydrogen-bond donors (Lipinski definition) is 2. The fraction of sp³-hybridized carbons (Fsp3) is 0.0714. The molecule has 1 heterocycles. The third-order valence-electron chi connectivity index (χ3n) is 3.23. The number of benzene rings is 2. The Labute approximate surface area is 113 Å². The predicted octanol–water partition coefficient (Wildman–Crippen LogP) is 2.67. The van der Waals surface area contributed by atoms with Gasteiger partial charge in [0.15, 0.2) is 5.60 Å². The van der Waals surface area contributed by atoms with Crippen molar-refractivity contribution in [3.63, 3.8) is 0 Å². The topological polar surface area (TPSA) is 49.3 Å². The number of amides is 1. The highest BCUT2D eigenvalue weighted by Gasteiger charge is 2.48. The molecule has 0 radical (unpaired) electrons. The van der Waals surface area contributed by atoms with Gasteiger partial charge >= 0.3 is 0 Å². The number of hydrogen-bond acceptors (Lipinski definition) is 2. The Morgan fingerprint density at radius 3 is 2.53 bits per heavy atom. The zero-order valence-corrected chi connectivity index (χ0v) is 10.4. The molecule has 2 aromatic carbocycles. The van der Waals surface area contributed by atoms with Crippen LogP contribution in [0.1, 0.15) is 11.1 Å². The van der Waals surface area contributed by atoms with E-state index in [-0.39, 0.29) is 11.1 Å². The molecule has 0 saturated carbocycles. The quantitative estimate of drug-likeness (QED) is 0.842. The van der Waals surface area contributed by atoms with Crippen molar-refractivity contribution in [1.82, 2.24) is 0 Å². The summed E-state index contributed by atoms with van der Waals surface area (Å²) < 4.78 is 13.9. The molecule has 0 saturated heterocycles. The van der Waals surface area contributed by atoms with Gasteiger partial charge in [-0.25, -0.2) is 4.39 Å². The first-order valence-electron chi connectivity index (χ1n) is 5.63. The fourth-order valence-corrected chi connectivity index (χ4v) is 2.52. The number of anilines is 1. The lowest BCUT2D eigenvalue weighted by atomic mass is 9.87. The molecule has 1 amide bonds. The first kappa shape index (κ1) is 12.1. The number of halogens is 2. The van der Waals surface area contributed by atoms with E-state index in [0.717, 1.165) is 0 Å². The lowest BCUT2D eigenvalue weighted by molar-refractivity contribution is -0.129. The zero-order chi connectivity index (χ0) is 13.6. The molecule has 0 spiro atoms. The molecule has 1 unspecified atom stereocenters. The second-order valence-electron chi connectivity index (χ2n) is 4.31. The summed E-state index contributed by atoms with van der Waals surface area (Å²) in [5, 5.41) is 13.5. The summed E-state index contributed by atoms with van der Waals surface area (Å²) in [6.07, 6.45) is 0. The van der Waals surface area contributed by atoms with Crippen molar-refractivity contribution in [3.05, 3.63) is 64.4 Å². The van der Waals surface area contributed by atoms with Crippen molar-refractivity contribution in [2.24, 2.45) is 0 Å². The summed E-state index contributed by atoms with van der Waals surface area (Å²) in [5.41, 5.74) is -1.56. The van der Waals surface area contributed by atoms with Gasteiger partial charge in [0.05, 0.1) is 10.7 Å². The molecular weight excluding hydrogens is 269 g/mol. The van der Waals surface area contributed by atoms with Crippen LogP contribution in [0, 0.1) is 5.82 Å². The van der Waals surface area contributed by atoms with E-state index in [1.807, 2.05) is 0 Å². The lowest BCUT2D eigenvalue weighted by Crippen LogP contribution is -2.36. The van der Waals surface area contributed by atoms with Gasteiger partial charge in [-0.15, -0.1) is 0 Å². The minimum atomic E-state index is -2.05. The number of carbonyl (C=O) groups is 1. The molecule has 96 valence electrons. The molecule has 0 bridgehead atoms. The van der Waals surface area contributed by atoms with Crippen LogP contribution in [0.15, 0.2) is 42.5 Å². The molecule has 3 rings (SSSR count). The molecular formula is C14H9ClFNO2. The van der Waals surface area contributed by atoms with Crippen LogP contribution in [-0.2, 0) is 10.4 Å². The molecule has 19 heavy (non-hydrogen) atoms. The second kappa shape index (κ2) is 4.05. The van der Waals surface area contributed by atoms with Gasteiger partial charge in [0.2, 0.25) is 0 Å².